The van der Waals surface area contributed by atoms with Crippen LogP contribution in [0, 0.1) is 25.7 Å². The van der Waals surface area contributed by atoms with E-state index in [2.05, 4.69) is 75.5 Å². The maximum absolute atomic E-state index is 12.5. The van der Waals surface area contributed by atoms with E-state index >= 15 is 0 Å². The second kappa shape index (κ2) is 8.88. The molecule has 1 aliphatic rings. The number of nitrogens with zero attached hydrogens (tertiary/aromatic N) is 1. The summed E-state index contributed by atoms with van der Waals surface area (Å²) in [6.45, 7) is 9.92. The van der Waals surface area contributed by atoms with Gasteiger partial charge in [0.1, 0.15) is 5.69 Å². The van der Waals surface area contributed by atoms with Gasteiger partial charge in [0.05, 0.1) is 0 Å². The SMILES string of the molecule is Cc1ccc(Cn2c(C(=O)O)c(CN[C@@H]3CCC[C@H](C)[C@H]3C)c3ccc(C)cc32)cc1. The highest BCUT2D eigenvalue weighted by atomic mass is 16.4. The van der Waals surface area contributed by atoms with E-state index in [9.17, 15) is 9.90 Å². The Labute approximate surface area is 185 Å². The molecule has 1 heterocycles. The van der Waals surface area contributed by atoms with E-state index in [0.29, 0.717) is 36.7 Å². The zero-order valence-corrected chi connectivity index (χ0v) is 19.1. The number of aromatic carboxylic acids is 1. The zero-order valence-electron chi connectivity index (χ0n) is 19.1. The number of aromatic nitrogens is 1. The third kappa shape index (κ3) is 4.40. The lowest BCUT2D eigenvalue weighted by molar-refractivity contribution is 0.0684. The van der Waals surface area contributed by atoms with Gasteiger partial charge in [-0.1, -0.05) is 68.7 Å². The number of nitrogens with one attached hydrogen (secondary N) is 1. The van der Waals surface area contributed by atoms with Crippen molar-refractivity contribution < 1.29 is 9.90 Å². The van der Waals surface area contributed by atoms with Gasteiger partial charge in [-0.2, -0.15) is 0 Å². The van der Waals surface area contributed by atoms with Crippen molar-refractivity contribution in [2.75, 3.05) is 0 Å². The van der Waals surface area contributed by atoms with E-state index in [0.717, 1.165) is 34.0 Å². The van der Waals surface area contributed by atoms with E-state index in [1.807, 2.05) is 4.57 Å². The molecule has 0 spiro atoms. The summed E-state index contributed by atoms with van der Waals surface area (Å²) in [7, 11) is 0. The number of hydrogen-bond acceptors (Lipinski definition) is 2. The summed E-state index contributed by atoms with van der Waals surface area (Å²) in [5.74, 6) is 0.448. The average molecular weight is 419 g/mol. The van der Waals surface area contributed by atoms with Crippen LogP contribution in [0.25, 0.3) is 10.9 Å². The normalized spacial score (nSPS) is 21.5. The van der Waals surface area contributed by atoms with E-state index in [-0.39, 0.29) is 0 Å². The Morgan fingerprint density at radius 2 is 1.77 bits per heavy atom. The fourth-order valence-electron chi connectivity index (χ4n) is 5.10. The first-order chi connectivity index (χ1) is 14.8. The Balaban J connectivity index is 1.74. The van der Waals surface area contributed by atoms with Gasteiger partial charge >= 0.3 is 5.97 Å². The van der Waals surface area contributed by atoms with Crippen LogP contribution < -0.4 is 5.32 Å². The molecule has 1 aromatic heterocycles. The minimum atomic E-state index is -0.858. The summed E-state index contributed by atoms with van der Waals surface area (Å²) < 4.78 is 1.99. The molecule has 3 atom stereocenters. The van der Waals surface area contributed by atoms with Crippen molar-refractivity contribution in [3.63, 3.8) is 0 Å². The van der Waals surface area contributed by atoms with Gasteiger partial charge in [-0.3, -0.25) is 0 Å². The highest BCUT2D eigenvalue weighted by Crippen LogP contribution is 2.32. The van der Waals surface area contributed by atoms with Crippen LogP contribution in [0.2, 0.25) is 0 Å². The Morgan fingerprint density at radius 3 is 2.48 bits per heavy atom. The standard InChI is InChI=1S/C27H34N2O2/c1-17-8-11-21(12-9-17)16-29-25-14-18(2)10-13-22(25)23(26(29)27(30)31)15-28-24-7-5-6-19(3)20(24)4/h8-14,19-20,24,28H,5-7,15-16H2,1-4H3,(H,30,31)/t19-,20+,24+/m0/s1. The minimum Gasteiger partial charge on any atom is -0.477 e. The van der Waals surface area contributed by atoms with Crippen molar-refractivity contribution in [2.45, 2.75) is 66.1 Å². The average Bonchev–Trinajstić information content (AvgIpc) is 3.03. The van der Waals surface area contributed by atoms with Crippen molar-refractivity contribution in [1.29, 1.82) is 0 Å². The number of carbonyl (C=O) groups is 1. The number of rotatable bonds is 6. The van der Waals surface area contributed by atoms with Gasteiger partial charge in [0, 0.05) is 35.6 Å². The largest absolute Gasteiger partial charge is 0.477 e. The molecule has 0 radical (unpaired) electrons. The van der Waals surface area contributed by atoms with Gasteiger partial charge in [0.2, 0.25) is 0 Å². The van der Waals surface area contributed by atoms with Crippen LogP contribution in [0.3, 0.4) is 0 Å². The summed E-state index contributed by atoms with van der Waals surface area (Å²) in [4.78, 5) is 12.5. The summed E-state index contributed by atoms with van der Waals surface area (Å²) in [5, 5.41) is 15.0. The first kappa shape index (κ1) is 21.6. The second-order valence-electron chi connectivity index (χ2n) is 9.48. The lowest BCUT2D eigenvalue weighted by atomic mass is 9.78. The lowest BCUT2D eigenvalue weighted by Gasteiger charge is -2.34. The smallest absolute Gasteiger partial charge is 0.352 e. The molecule has 2 aromatic carbocycles. The monoisotopic (exact) mass is 418 g/mol. The van der Waals surface area contributed by atoms with Crippen LogP contribution in [-0.2, 0) is 13.1 Å². The molecule has 1 aliphatic carbocycles. The predicted molar refractivity (Wildman–Crippen MR) is 127 cm³/mol. The quantitative estimate of drug-likeness (QED) is 0.522. The Hall–Kier alpha value is -2.59. The van der Waals surface area contributed by atoms with Crippen LogP contribution in [-0.4, -0.2) is 21.7 Å². The Bertz CT molecular complexity index is 1080. The number of benzene rings is 2. The van der Waals surface area contributed by atoms with E-state index in [1.54, 1.807) is 0 Å². The molecule has 1 saturated carbocycles. The molecule has 164 valence electrons. The van der Waals surface area contributed by atoms with Gasteiger partial charge in [0.25, 0.3) is 0 Å². The molecule has 0 bridgehead atoms. The van der Waals surface area contributed by atoms with Crippen molar-refractivity contribution >= 4 is 16.9 Å². The van der Waals surface area contributed by atoms with Crippen LogP contribution in [0.1, 0.15) is 65.9 Å². The molecule has 31 heavy (non-hydrogen) atoms. The van der Waals surface area contributed by atoms with Crippen LogP contribution in [0.4, 0.5) is 0 Å². The maximum atomic E-state index is 12.5. The molecule has 0 unspecified atom stereocenters. The lowest BCUT2D eigenvalue weighted by Crippen LogP contribution is -2.40. The highest BCUT2D eigenvalue weighted by molar-refractivity contribution is 5.98. The van der Waals surface area contributed by atoms with Gasteiger partial charge in [-0.15, -0.1) is 0 Å². The molecule has 0 aliphatic heterocycles. The molecular formula is C27H34N2O2. The fourth-order valence-corrected chi connectivity index (χ4v) is 5.10. The van der Waals surface area contributed by atoms with Crippen molar-refractivity contribution in [3.8, 4) is 0 Å². The number of carboxylic acids is 1. The van der Waals surface area contributed by atoms with Gasteiger partial charge < -0.3 is 15.0 Å². The number of hydrogen-bond donors (Lipinski definition) is 2. The van der Waals surface area contributed by atoms with Crippen LogP contribution in [0.15, 0.2) is 42.5 Å². The van der Waals surface area contributed by atoms with Gasteiger partial charge in [0.15, 0.2) is 0 Å². The topological polar surface area (TPSA) is 54.3 Å². The molecule has 0 saturated heterocycles. The maximum Gasteiger partial charge on any atom is 0.352 e. The van der Waals surface area contributed by atoms with Crippen molar-refractivity contribution in [1.82, 2.24) is 9.88 Å². The summed E-state index contributed by atoms with van der Waals surface area (Å²) >= 11 is 0. The summed E-state index contributed by atoms with van der Waals surface area (Å²) in [5.41, 5.74) is 5.77. The predicted octanol–water partition coefficient (Wildman–Crippen LogP) is 5.92. The zero-order chi connectivity index (χ0) is 22.1. The van der Waals surface area contributed by atoms with Crippen molar-refractivity contribution in [3.05, 3.63) is 70.4 Å². The summed E-state index contributed by atoms with van der Waals surface area (Å²) in [6, 6.07) is 15.1. The summed E-state index contributed by atoms with van der Waals surface area (Å²) in [6.07, 6.45) is 3.69. The third-order valence-electron chi connectivity index (χ3n) is 7.24. The first-order valence-electron chi connectivity index (χ1n) is 11.5. The third-order valence-corrected chi connectivity index (χ3v) is 7.24. The molecule has 1 fully saturated rings. The van der Waals surface area contributed by atoms with Crippen LogP contribution in [0.5, 0.6) is 0 Å². The van der Waals surface area contributed by atoms with Crippen LogP contribution >= 0.6 is 0 Å². The number of carboxylic acid groups (broad SMARTS) is 1. The Morgan fingerprint density at radius 1 is 1.06 bits per heavy atom. The molecular weight excluding hydrogens is 384 g/mol. The molecule has 4 heteroatoms. The highest BCUT2D eigenvalue weighted by Gasteiger charge is 2.28. The first-order valence-corrected chi connectivity index (χ1v) is 11.5. The molecule has 4 nitrogen and oxygen atoms in total. The molecule has 2 N–H and O–H groups in total. The van der Waals surface area contributed by atoms with Crippen molar-refractivity contribution in [2.24, 2.45) is 11.8 Å². The minimum absolute atomic E-state index is 0.408. The number of aryl methyl sites for hydroxylation is 2. The van der Waals surface area contributed by atoms with E-state index in [1.165, 1.54) is 18.4 Å². The van der Waals surface area contributed by atoms with E-state index in [4.69, 9.17) is 0 Å². The fraction of sp³-hybridized carbons (Fsp3) is 0.444. The van der Waals surface area contributed by atoms with Gasteiger partial charge in [-0.05, 0) is 49.3 Å². The Kier molecular flexibility index (Phi) is 6.19. The molecule has 0 amide bonds. The molecule has 4 rings (SSSR count). The number of fused-ring (bicyclic) bond motifs is 1. The van der Waals surface area contributed by atoms with E-state index < -0.39 is 5.97 Å². The molecule has 3 aromatic rings. The second-order valence-corrected chi connectivity index (χ2v) is 9.48. The van der Waals surface area contributed by atoms with Gasteiger partial charge in [-0.25, -0.2) is 4.79 Å².